The fraction of sp³-hybridized carbons (Fsp3) is 0.500. The van der Waals surface area contributed by atoms with Crippen molar-refractivity contribution in [2.75, 3.05) is 14.1 Å². The Morgan fingerprint density at radius 1 is 1.33 bits per heavy atom. The van der Waals surface area contributed by atoms with E-state index in [4.69, 9.17) is 0 Å². The van der Waals surface area contributed by atoms with Gasteiger partial charge in [0.05, 0.1) is 0 Å². The third-order valence-electron chi connectivity index (χ3n) is 3.16. The van der Waals surface area contributed by atoms with Gasteiger partial charge in [0.25, 0.3) is 0 Å². The number of likely N-dealkylation sites (N-methyl/N-ethyl adjacent to an activating group) is 1. The normalized spacial score (nSPS) is 19.5. The van der Waals surface area contributed by atoms with Crippen molar-refractivity contribution in [3.05, 3.63) is 29.3 Å². The van der Waals surface area contributed by atoms with Crippen LogP contribution in [0.5, 0.6) is 5.75 Å². The van der Waals surface area contributed by atoms with Crippen LogP contribution in [0.4, 0.5) is 0 Å². The van der Waals surface area contributed by atoms with E-state index in [2.05, 4.69) is 25.1 Å². The minimum atomic E-state index is 0. The van der Waals surface area contributed by atoms with Gasteiger partial charge in [0.15, 0.2) is 0 Å². The summed E-state index contributed by atoms with van der Waals surface area (Å²) < 4.78 is 0. The van der Waals surface area contributed by atoms with E-state index in [9.17, 15) is 5.11 Å². The van der Waals surface area contributed by atoms with Crippen LogP contribution in [0.2, 0.25) is 0 Å². The molecule has 0 saturated carbocycles. The van der Waals surface area contributed by atoms with E-state index in [-0.39, 0.29) is 21.1 Å². The molecule has 3 heteroatoms. The molecule has 1 aliphatic carbocycles. The van der Waals surface area contributed by atoms with Gasteiger partial charge in [-0.25, -0.2) is 0 Å². The topological polar surface area (TPSA) is 23.5 Å². The van der Waals surface area contributed by atoms with Crippen molar-refractivity contribution in [1.82, 2.24) is 4.90 Å². The number of aromatic hydroxyl groups is 1. The van der Waals surface area contributed by atoms with Crippen molar-refractivity contribution < 1.29 is 26.2 Å². The molecular weight excluding hydrogens is 358 g/mol. The van der Waals surface area contributed by atoms with Crippen molar-refractivity contribution in [3.8, 4) is 5.75 Å². The van der Waals surface area contributed by atoms with Crippen LogP contribution in [0.1, 0.15) is 17.5 Å². The SMILES string of the molecule is CN(C)[C@H]1CCc2c(O)cccc2C1.[W]. The standard InChI is InChI=1S/C12H17NO.W/c1-13(2)10-6-7-11-9(8-10)4-3-5-12(11)14;/h3-5,10,14H,6-8H2,1-2H3;/t10-;/m0./s1. The van der Waals surface area contributed by atoms with E-state index >= 15 is 0 Å². The Morgan fingerprint density at radius 3 is 2.73 bits per heavy atom. The van der Waals surface area contributed by atoms with E-state index < -0.39 is 0 Å². The molecule has 0 saturated heterocycles. The molecule has 1 aromatic carbocycles. The van der Waals surface area contributed by atoms with Crippen LogP contribution in [-0.2, 0) is 33.9 Å². The summed E-state index contributed by atoms with van der Waals surface area (Å²) in [6.07, 6.45) is 3.22. The van der Waals surface area contributed by atoms with Gasteiger partial charge in [0.1, 0.15) is 5.75 Å². The first kappa shape index (κ1) is 12.7. The molecule has 1 atom stereocenters. The Morgan fingerprint density at radius 2 is 2.07 bits per heavy atom. The number of benzene rings is 1. The maximum atomic E-state index is 9.67. The zero-order chi connectivity index (χ0) is 10.1. The van der Waals surface area contributed by atoms with Crippen LogP contribution in [0.25, 0.3) is 0 Å². The first-order valence-corrected chi connectivity index (χ1v) is 5.14. The van der Waals surface area contributed by atoms with Gasteiger partial charge in [0.2, 0.25) is 0 Å². The second-order valence-corrected chi connectivity index (χ2v) is 4.28. The Kier molecular flexibility index (Phi) is 4.36. The summed E-state index contributed by atoms with van der Waals surface area (Å²) in [6.45, 7) is 0. The predicted molar refractivity (Wildman–Crippen MR) is 57.6 cm³/mol. The monoisotopic (exact) mass is 375 g/mol. The molecule has 0 spiro atoms. The van der Waals surface area contributed by atoms with Crippen molar-refractivity contribution in [1.29, 1.82) is 0 Å². The molecule has 2 nitrogen and oxygen atoms in total. The maximum Gasteiger partial charge on any atom is 0.119 e. The molecule has 82 valence electrons. The van der Waals surface area contributed by atoms with Gasteiger partial charge in [-0.05, 0) is 50.6 Å². The number of rotatable bonds is 1. The predicted octanol–water partition coefficient (Wildman–Crippen LogP) is 1.81. The number of hydrogen-bond acceptors (Lipinski definition) is 2. The molecule has 1 aliphatic rings. The summed E-state index contributed by atoms with van der Waals surface area (Å²) in [4.78, 5) is 2.27. The number of fused-ring (bicyclic) bond motifs is 1. The van der Waals surface area contributed by atoms with Crippen LogP contribution < -0.4 is 0 Å². The molecule has 0 unspecified atom stereocenters. The first-order valence-electron chi connectivity index (χ1n) is 5.14. The molecule has 0 aromatic heterocycles. The minimum Gasteiger partial charge on any atom is -0.508 e. The largest absolute Gasteiger partial charge is 0.508 e. The maximum absolute atomic E-state index is 9.67. The van der Waals surface area contributed by atoms with Crippen molar-refractivity contribution in [2.24, 2.45) is 0 Å². The average Bonchev–Trinajstić information content (AvgIpc) is 2.17. The van der Waals surface area contributed by atoms with E-state index in [0.717, 1.165) is 24.8 Å². The van der Waals surface area contributed by atoms with Gasteiger partial charge < -0.3 is 10.0 Å². The third-order valence-corrected chi connectivity index (χ3v) is 3.16. The number of nitrogens with zero attached hydrogens (tertiary/aromatic N) is 1. The summed E-state index contributed by atoms with van der Waals surface area (Å²) in [5, 5.41) is 9.67. The van der Waals surface area contributed by atoms with Crippen LogP contribution >= 0.6 is 0 Å². The number of hydrogen-bond donors (Lipinski definition) is 1. The minimum absolute atomic E-state index is 0. The Labute approximate surface area is 106 Å². The van der Waals surface area contributed by atoms with Gasteiger partial charge in [-0.2, -0.15) is 0 Å². The smallest absolute Gasteiger partial charge is 0.119 e. The number of phenols is 1. The second-order valence-electron chi connectivity index (χ2n) is 4.28. The molecule has 0 aliphatic heterocycles. The Balaban J connectivity index is 0.00000112. The molecule has 0 bridgehead atoms. The summed E-state index contributed by atoms with van der Waals surface area (Å²) in [5.74, 6) is 0.472. The van der Waals surface area contributed by atoms with E-state index in [1.165, 1.54) is 5.56 Å². The van der Waals surface area contributed by atoms with Crippen LogP contribution in [0.15, 0.2) is 18.2 Å². The molecule has 0 amide bonds. The van der Waals surface area contributed by atoms with Crippen LogP contribution in [0, 0.1) is 0 Å². The quantitative estimate of drug-likeness (QED) is 0.810. The first-order chi connectivity index (χ1) is 6.68. The van der Waals surface area contributed by atoms with Crippen molar-refractivity contribution in [3.63, 3.8) is 0 Å². The molecule has 1 aromatic rings. The van der Waals surface area contributed by atoms with E-state index in [1.54, 1.807) is 6.07 Å². The summed E-state index contributed by atoms with van der Waals surface area (Å²) >= 11 is 0. The molecule has 0 heterocycles. The van der Waals surface area contributed by atoms with Gasteiger partial charge in [0, 0.05) is 27.1 Å². The second kappa shape index (κ2) is 5.14. The zero-order valence-corrected chi connectivity index (χ0v) is 12.2. The molecule has 15 heavy (non-hydrogen) atoms. The Hall–Kier alpha value is -0.332. The molecule has 0 radical (unpaired) electrons. The third kappa shape index (κ3) is 2.62. The van der Waals surface area contributed by atoms with Gasteiger partial charge in [-0.1, -0.05) is 12.1 Å². The summed E-state index contributed by atoms with van der Waals surface area (Å²) in [6, 6.07) is 6.48. The van der Waals surface area contributed by atoms with Crippen LogP contribution in [-0.4, -0.2) is 30.1 Å². The van der Waals surface area contributed by atoms with Gasteiger partial charge >= 0.3 is 0 Å². The average molecular weight is 375 g/mol. The number of phenolic OH excluding ortho intramolecular Hbond substituents is 1. The van der Waals surface area contributed by atoms with E-state index in [1.807, 2.05) is 6.07 Å². The summed E-state index contributed by atoms with van der Waals surface area (Å²) in [5.41, 5.74) is 2.47. The molecule has 2 rings (SSSR count). The summed E-state index contributed by atoms with van der Waals surface area (Å²) in [7, 11) is 4.25. The Bertz CT molecular complexity index is 338. The zero-order valence-electron chi connectivity index (χ0n) is 9.23. The van der Waals surface area contributed by atoms with Gasteiger partial charge in [-0.3, -0.25) is 0 Å². The van der Waals surface area contributed by atoms with E-state index in [0.29, 0.717) is 11.8 Å². The van der Waals surface area contributed by atoms with Gasteiger partial charge in [-0.15, -0.1) is 0 Å². The molecular formula is C12H17NOW. The van der Waals surface area contributed by atoms with Crippen LogP contribution in [0.3, 0.4) is 0 Å². The van der Waals surface area contributed by atoms with Crippen molar-refractivity contribution >= 4 is 0 Å². The van der Waals surface area contributed by atoms with Crippen molar-refractivity contribution in [2.45, 2.75) is 25.3 Å². The molecule has 0 fully saturated rings. The fourth-order valence-corrected chi connectivity index (χ4v) is 2.21. The molecule has 1 N–H and O–H groups in total. The fourth-order valence-electron chi connectivity index (χ4n) is 2.21.